The molecular weight excluding hydrogens is 346 g/mol. The van der Waals surface area contributed by atoms with E-state index in [4.69, 9.17) is 0 Å². The molecule has 0 bridgehead atoms. The number of hydrogen-bond acceptors (Lipinski definition) is 4. The fourth-order valence-electron chi connectivity index (χ4n) is 3.46. The summed E-state index contributed by atoms with van der Waals surface area (Å²) in [7, 11) is 0. The lowest BCUT2D eigenvalue weighted by molar-refractivity contribution is -0.134. The number of aryl methyl sites for hydroxylation is 1. The molecule has 1 aromatic carbocycles. The smallest absolute Gasteiger partial charge is 0.236 e. The summed E-state index contributed by atoms with van der Waals surface area (Å²) in [4.78, 5) is 32.0. The van der Waals surface area contributed by atoms with E-state index in [2.05, 4.69) is 36.1 Å². The maximum atomic E-state index is 12.4. The zero-order valence-electron chi connectivity index (χ0n) is 15.7. The average molecular weight is 376 g/mol. The molecule has 2 aliphatic heterocycles. The molecular formula is C20H29N3O2S. The van der Waals surface area contributed by atoms with E-state index in [1.807, 2.05) is 9.80 Å². The monoisotopic (exact) mass is 375 g/mol. The van der Waals surface area contributed by atoms with Gasteiger partial charge in [0.15, 0.2) is 0 Å². The van der Waals surface area contributed by atoms with Crippen LogP contribution in [0, 0.1) is 6.92 Å². The van der Waals surface area contributed by atoms with Gasteiger partial charge in [0, 0.05) is 44.2 Å². The average Bonchev–Trinajstić information content (AvgIpc) is 2.68. The number of carbonyl (C=O) groups excluding carboxylic acids is 2. The van der Waals surface area contributed by atoms with Crippen molar-refractivity contribution in [2.45, 2.75) is 31.1 Å². The summed E-state index contributed by atoms with van der Waals surface area (Å²) in [5.74, 6) is 0.924. The molecule has 142 valence electrons. The number of thioether (sulfide) groups is 1. The molecule has 0 saturated carbocycles. The molecule has 3 rings (SSSR count). The van der Waals surface area contributed by atoms with Gasteiger partial charge >= 0.3 is 0 Å². The standard InChI is InChI=1S/C20H29N3O2S/c1-17-5-7-18(8-6-17)26-16-20(25)23-13-11-21(12-14-23)15-19(24)22-9-3-2-4-10-22/h5-8H,2-4,9-16H2,1H3. The molecule has 2 fully saturated rings. The predicted molar refractivity (Wildman–Crippen MR) is 105 cm³/mol. The fourth-order valence-corrected chi connectivity index (χ4v) is 4.26. The molecule has 0 atom stereocenters. The quantitative estimate of drug-likeness (QED) is 0.741. The van der Waals surface area contributed by atoms with Gasteiger partial charge in [0.25, 0.3) is 0 Å². The number of hydrogen-bond donors (Lipinski definition) is 0. The summed E-state index contributed by atoms with van der Waals surface area (Å²) in [5, 5.41) is 0. The Morgan fingerprint density at radius 1 is 0.846 bits per heavy atom. The van der Waals surface area contributed by atoms with Crippen LogP contribution in [-0.2, 0) is 9.59 Å². The first-order valence-corrected chi connectivity index (χ1v) is 10.6. The Bertz CT molecular complexity index is 606. The Labute approximate surface area is 160 Å². The molecule has 5 nitrogen and oxygen atoms in total. The second-order valence-electron chi connectivity index (χ2n) is 7.20. The van der Waals surface area contributed by atoms with Crippen LogP contribution in [-0.4, -0.2) is 78.1 Å². The van der Waals surface area contributed by atoms with E-state index >= 15 is 0 Å². The molecule has 0 unspecified atom stereocenters. The number of amides is 2. The number of piperidine rings is 1. The first-order valence-electron chi connectivity index (χ1n) is 9.59. The lowest BCUT2D eigenvalue weighted by atomic mass is 10.1. The maximum Gasteiger partial charge on any atom is 0.236 e. The van der Waals surface area contributed by atoms with Gasteiger partial charge in [0.1, 0.15) is 0 Å². The van der Waals surface area contributed by atoms with Gasteiger partial charge in [-0.1, -0.05) is 17.7 Å². The third-order valence-corrected chi connectivity index (χ3v) is 6.17. The van der Waals surface area contributed by atoms with Crippen molar-refractivity contribution in [3.05, 3.63) is 29.8 Å². The van der Waals surface area contributed by atoms with Crippen molar-refractivity contribution in [1.82, 2.24) is 14.7 Å². The minimum atomic E-state index is 0.192. The van der Waals surface area contributed by atoms with Crippen LogP contribution in [0.1, 0.15) is 24.8 Å². The summed E-state index contributed by atoms with van der Waals surface area (Å²) in [6.07, 6.45) is 3.50. The number of nitrogens with zero attached hydrogens (tertiary/aromatic N) is 3. The highest BCUT2D eigenvalue weighted by molar-refractivity contribution is 8.00. The third-order valence-electron chi connectivity index (χ3n) is 5.18. The van der Waals surface area contributed by atoms with Gasteiger partial charge in [0.05, 0.1) is 12.3 Å². The van der Waals surface area contributed by atoms with Crippen molar-refractivity contribution in [2.24, 2.45) is 0 Å². The van der Waals surface area contributed by atoms with Crippen molar-refractivity contribution in [3.8, 4) is 0 Å². The lowest BCUT2D eigenvalue weighted by Gasteiger charge is -2.36. The van der Waals surface area contributed by atoms with Gasteiger partial charge < -0.3 is 9.80 Å². The van der Waals surface area contributed by atoms with E-state index in [-0.39, 0.29) is 11.8 Å². The Kier molecular flexibility index (Phi) is 6.97. The van der Waals surface area contributed by atoms with E-state index in [0.717, 1.165) is 57.0 Å². The Hall–Kier alpha value is -1.53. The second-order valence-corrected chi connectivity index (χ2v) is 8.25. The van der Waals surface area contributed by atoms with Crippen molar-refractivity contribution in [1.29, 1.82) is 0 Å². The maximum absolute atomic E-state index is 12.4. The van der Waals surface area contributed by atoms with Crippen LogP contribution in [0.4, 0.5) is 0 Å². The molecule has 0 aromatic heterocycles. The molecule has 0 aliphatic carbocycles. The van der Waals surface area contributed by atoms with Gasteiger partial charge in [0.2, 0.25) is 11.8 Å². The van der Waals surface area contributed by atoms with Gasteiger partial charge in [-0.25, -0.2) is 0 Å². The minimum absolute atomic E-state index is 0.192. The van der Waals surface area contributed by atoms with Gasteiger partial charge in [-0.15, -0.1) is 11.8 Å². The van der Waals surface area contributed by atoms with Crippen molar-refractivity contribution in [3.63, 3.8) is 0 Å². The number of benzene rings is 1. The molecule has 2 saturated heterocycles. The minimum Gasteiger partial charge on any atom is -0.342 e. The number of piperazine rings is 1. The Balaban J connectivity index is 1.38. The van der Waals surface area contributed by atoms with Crippen LogP contribution in [0.2, 0.25) is 0 Å². The van der Waals surface area contributed by atoms with E-state index in [1.54, 1.807) is 11.8 Å². The molecule has 0 N–H and O–H groups in total. The summed E-state index contributed by atoms with van der Waals surface area (Å²) in [6, 6.07) is 8.28. The van der Waals surface area contributed by atoms with E-state index in [9.17, 15) is 9.59 Å². The predicted octanol–water partition coefficient (Wildman–Crippen LogP) is 2.24. The first kappa shape index (κ1) is 19.2. The summed E-state index contributed by atoms with van der Waals surface area (Å²) in [6.45, 7) is 7.42. The van der Waals surface area contributed by atoms with Crippen LogP contribution in [0.5, 0.6) is 0 Å². The molecule has 0 radical (unpaired) electrons. The molecule has 26 heavy (non-hydrogen) atoms. The second kappa shape index (κ2) is 9.42. The van der Waals surface area contributed by atoms with Crippen LogP contribution < -0.4 is 0 Å². The summed E-state index contributed by atoms with van der Waals surface area (Å²) < 4.78 is 0. The number of likely N-dealkylation sites (tertiary alicyclic amines) is 1. The van der Waals surface area contributed by atoms with Crippen molar-refractivity contribution in [2.75, 3.05) is 51.6 Å². The summed E-state index contributed by atoms with van der Waals surface area (Å²) in [5.41, 5.74) is 1.23. The van der Waals surface area contributed by atoms with Gasteiger partial charge in [-0.3, -0.25) is 14.5 Å². The summed E-state index contributed by atoms with van der Waals surface area (Å²) >= 11 is 1.60. The van der Waals surface area contributed by atoms with E-state index < -0.39 is 0 Å². The topological polar surface area (TPSA) is 43.9 Å². The highest BCUT2D eigenvalue weighted by Crippen LogP contribution is 2.19. The van der Waals surface area contributed by atoms with Crippen LogP contribution in [0.25, 0.3) is 0 Å². The molecule has 0 spiro atoms. The number of carbonyl (C=O) groups is 2. The Morgan fingerprint density at radius 2 is 1.46 bits per heavy atom. The molecule has 2 heterocycles. The van der Waals surface area contributed by atoms with Crippen LogP contribution in [0.3, 0.4) is 0 Å². The zero-order chi connectivity index (χ0) is 18.4. The fraction of sp³-hybridized carbons (Fsp3) is 0.600. The van der Waals surface area contributed by atoms with Crippen molar-refractivity contribution >= 4 is 23.6 Å². The highest BCUT2D eigenvalue weighted by atomic mass is 32.2. The van der Waals surface area contributed by atoms with Crippen LogP contribution >= 0.6 is 11.8 Å². The van der Waals surface area contributed by atoms with E-state index in [0.29, 0.717) is 12.3 Å². The van der Waals surface area contributed by atoms with Crippen LogP contribution in [0.15, 0.2) is 29.2 Å². The van der Waals surface area contributed by atoms with Crippen molar-refractivity contribution < 1.29 is 9.59 Å². The largest absolute Gasteiger partial charge is 0.342 e. The lowest BCUT2D eigenvalue weighted by Crippen LogP contribution is -2.52. The Morgan fingerprint density at radius 3 is 2.12 bits per heavy atom. The number of rotatable bonds is 5. The highest BCUT2D eigenvalue weighted by Gasteiger charge is 2.24. The first-order chi connectivity index (χ1) is 12.6. The molecule has 6 heteroatoms. The molecule has 2 aliphatic rings. The SMILES string of the molecule is Cc1ccc(SCC(=O)N2CCN(CC(=O)N3CCCCC3)CC2)cc1. The molecule has 2 amide bonds. The molecule has 1 aromatic rings. The van der Waals surface area contributed by atoms with E-state index in [1.165, 1.54) is 12.0 Å². The van der Waals surface area contributed by atoms with Gasteiger partial charge in [-0.05, 0) is 38.3 Å². The van der Waals surface area contributed by atoms with Gasteiger partial charge in [-0.2, -0.15) is 0 Å². The zero-order valence-corrected chi connectivity index (χ0v) is 16.5. The third kappa shape index (κ3) is 5.48. The normalized spacial score (nSPS) is 18.8.